The molecule has 0 atom stereocenters. The average Bonchev–Trinajstić information content (AvgIpc) is 2.53. The first-order valence-corrected chi connectivity index (χ1v) is 10.1. The van der Waals surface area contributed by atoms with Gasteiger partial charge in [0.1, 0.15) is 0 Å². The summed E-state index contributed by atoms with van der Waals surface area (Å²) < 4.78 is 27.8. The van der Waals surface area contributed by atoms with Crippen LogP contribution in [0.3, 0.4) is 0 Å². The van der Waals surface area contributed by atoms with Crippen LogP contribution in [0.25, 0.3) is 0 Å². The Morgan fingerprint density at radius 3 is 2.24 bits per heavy atom. The van der Waals surface area contributed by atoms with Gasteiger partial charge < -0.3 is 4.90 Å². The zero-order valence-electron chi connectivity index (χ0n) is 15.7. The highest BCUT2D eigenvalue weighted by molar-refractivity contribution is 7.89. The standard InChI is InChI=1S/C17H29N3O4S/c1-6-18(7-2)11-12-19(13-14(3)4)25(23,24)17-15(5)9-8-10-16(17)20(21)22/h8-10,14H,6-7,11-13H2,1-5H3. The summed E-state index contributed by atoms with van der Waals surface area (Å²) in [6.45, 7) is 12.4. The fourth-order valence-electron chi connectivity index (χ4n) is 2.76. The van der Waals surface area contributed by atoms with Crippen LogP contribution < -0.4 is 0 Å². The molecule has 0 aliphatic rings. The molecule has 0 spiro atoms. The van der Waals surface area contributed by atoms with E-state index >= 15 is 0 Å². The lowest BCUT2D eigenvalue weighted by Crippen LogP contribution is -2.40. The third kappa shape index (κ3) is 5.49. The maximum absolute atomic E-state index is 13.2. The van der Waals surface area contributed by atoms with Crippen molar-refractivity contribution in [1.29, 1.82) is 0 Å². The summed E-state index contributed by atoms with van der Waals surface area (Å²) in [6, 6.07) is 4.35. The molecule has 25 heavy (non-hydrogen) atoms. The van der Waals surface area contributed by atoms with Crippen molar-refractivity contribution in [3.05, 3.63) is 33.9 Å². The van der Waals surface area contributed by atoms with Gasteiger partial charge in [0, 0.05) is 25.7 Å². The third-order valence-corrected chi connectivity index (χ3v) is 6.17. The maximum atomic E-state index is 13.2. The Morgan fingerprint density at radius 1 is 1.16 bits per heavy atom. The minimum absolute atomic E-state index is 0.120. The highest BCUT2D eigenvalue weighted by Crippen LogP contribution is 2.30. The van der Waals surface area contributed by atoms with Crippen molar-refractivity contribution in [3.63, 3.8) is 0 Å². The van der Waals surface area contributed by atoms with Gasteiger partial charge in [-0.3, -0.25) is 10.1 Å². The van der Waals surface area contributed by atoms with Crippen LogP contribution in [-0.4, -0.2) is 55.3 Å². The van der Waals surface area contributed by atoms with Crippen LogP contribution in [-0.2, 0) is 10.0 Å². The third-order valence-electron chi connectivity index (χ3n) is 4.11. The van der Waals surface area contributed by atoms with Gasteiger partial charge in [0.15, 0.2) is 4.90 Å². The summed E-state index contributed by atoms with van der Waals surface area (Å²) >= 11 is 0. The lowest BCUT2D eigenvalue weighted by Gasteiger charge is -2.27. The van der Waals surface area contributed by atoms with Gasteiger partial charge in [0.2, 0.25) is 10.0 Å². The maximum Gasteiger partial charge on any atom is 0.289 e. The highest BCUT2D eigenvalue weighted by atomic mass is 32.2. The molecule has 0 N–H and O–H groups in total. The van der Waals surface area contributed by atoms with E-state index in [2.05, 4.69) is 4.90 Å². The number of nitro benzene ring substituents is 1. The molecule has 1 rings (SSSR count). The second-order valence-corrected chi connectivity index (χ2v) is 8.34. The molecule has 0 bridgehead atoms. The Labute approximate surface area is 150 Å². The topological polar surface area (TPSA) is 83.8 Å². The second-order valence-electron chi connectivity index (χ2n) is 6.46. The highest BCUT2D eigenvalue weighted by Gasteiger charge is 2.33. The van der Waals surface area contributed by atoms with Crippen LogP contribution in [0.15, 0.2) is 23.1 Å². The van der Waals surface area contributed by atoms with E-state index in [9.17, 15) is 18.5 Å². The van der Waals surface area contributed by atoms with Crippen molar-refractivity contribution in [2.45, 2.75) is 39.5 Å². The van der Waals surface area contributed by atoms with Gasteiger partial charge in [0.25, 0.3) is 5.69 Å². The van der Waals surface area contributed by atoms with Crippen LogP contribution in [0.1, 0.15) is 33.3 Å². The van der Waals surface area contributed by atoms with Gasteiger partial charge in [-0.15, -0.1) is 0 Å². The number of hydrogen-bond donors (Lipinski definition) is 0. The van der Waals surface area contributed by atoms with E-state index in [0.717, 1.165) is 13.1 Å². The molecule has 0 amide bonds. The zero-order chi connectivity index (χ0) is 19.2. The molecule has 0 aliphatic carbocycles. The smallest absolute Gasteiger partial charge is 0.289 e. The Bertz CT molecular complexity index is 685. The molecule has 0 saturated carbocycles. The number of nitro groups is 1. The van der Waals surface area contributed by atoms with Crippen molar-refractivity contribution in [2.75, 3.05) is 32.7 Å². The molecule has 0 unspecified atom stereocenters. The summed E-state index contributed by atoms with van der Waals surface area (Å²) in [5.41, 5.74) is 0.0300. The summed E-state index contributed by atoms with van der Waals surface area (Å²) in [5, 5.41) is 11.3. The predicted octanol–water partition coefficient (Wildman–Crippen LogP) is 2.89. The Balaban J connectivity index is 3.31. The normalized spacial score (nSPS) is 12.3. The molecule has 1 aromatic carbocycles. The molecule has 0 aliphatic heterocycles. The van der Waals surface area contributed by atoms with Gasteiger partial charge >= 0.3 is 0 Å². The van der Waals surface area contributed by atoms with Crippen molar-refractivity contribution >= 4 is 15.7 Å². The predicted molar refractivity (Wildman–Crippen MR) is 99.2 cm³/mol. The minimum atomic E-state index is -3.95. The lowest BCUT2D eigenvalue weighted by molar-refractivity contribution is -0.387. The Morgan fingerprint density at radius 2 is 1.76 bits per heavy atom. The molecular weight excluding hydrogens is 342 g/mol. The van der Waals surface area contributed by atoms with Crippen LogP contribution in [0.5, 0.6) is 0 Å². The SMILES string of the molecule is CCN(CC)CCN(CC(C)C)S(=O)(=O)c1c(C)cccc1[N+](=O)[O-]. The Hall–Kier alpha value is -1.51. The molecule has 0 saturated heterocycles. The first-order valence-electron chi connectivity index (χ1n) is 8.61. The van der Waals surface area contributed by atoms with Gasteiger partial charge in [-0.1, -0.05) is 39.8 Å². The lowest BCUT2D eigenvalue weighted by atomic mass is 10.2. The summed E-state index contributed by atoms with van der Waals surface area (Å²) in [4.78, 5) is 12.7. The average molecular weight is 372 g/mol. The fourth-order valence-corrected chi connectivity index (χ4v) is 4.71. The summed E-state index contributed by atoms with van der Waals surface area (Å²) in [6.07, 6.45) is 0. The van der Waals surface area contributed by atoms with Crippen molar-refractivity contribution in [2.24, 2.45) is 5.92 Å². The van der Waals surface area contributed by atoms with Crippen LogP contribution in [0.2, 0.25) is 0 Å². The molecule has 7 nitrogen and oxygen atoms in total. The molecule has 8 heteroatoms. The van der Waals surface area contributed by atoms with E-state index in [0.29, 0.717) is 25.2 Å². The van der Waals surface area contributed by atoms with Crippen LogP contribution >= 0.6 is 0 Å². The quantitative estimate of drug-likeness (QED) is 0.466. The molecule has 0 aromatic heterocycles. The van der Waals surface area contributed by atoms with Gasteiger partial charge in [-0.25, -0.2) is 8.42 Å². The van der Waals surface area contributed by atoms with Gasteiger partial charge in [-0.05, 0) is 31.5 Å². The van der Waals surface area contributed by atoms with Gasteiger partial charge in [-0.2, -0.15) is 4.31 Å². The van der Waals surface area contributed by atoms with E-state index < -0.39 is 14.9 Å². The summed E-state index contributed by atoms with van der Waals surface area (Å²) in [7, 11) is -3.95. The number of rotatable bonds is 10. The fraction of sp³-hybridized carbons (Fsp3) is 0.647. The molecule has 0 fully saturated rings. The first kappa shape index (κ1) is 21.5. The largest absolute Gasteiger partial charge is 0.303 e. The van der Waals surface area contributed by atoms with E-state index in [4.69, 9.17) is 0 Å². The molecule has 1 aromatic rings. The van der Waals surface area contributed by atoms with Gasteiger partial charge in [0.05, 0.1) is 4.92 Å². The van der Waals surface area contributed by atoms with Crippen molar-refractivity contribution in [1.82, 2.24) is 9.21 Å². The van der Waals surface area contributed by atoms with E-state index in [-0.39, 0.29) is 16.5 Å². The van der Waals surface area contributed by atoms with Crippen molar-refractivity contribution in [3.8, 4) is 0 Å². The van der Waals surface area contributed by atoms with E-state index in [1.165, 1.54) is 16.4 Å². The number of likely N-dealkylation sites (N-methyl/N-ethyl adjacent to an activating group) is 1. The molecule has 142 valence electrons. The number of benzene rings is 1. The molecular formula is C17H29N3O4S. The molecule has 0 radical (unpaired) electrons. The number of sulfonamides is 1. The number of hydrogen-bond acceptors (Lipinski definition) is 5. The number of aryl methyl sites for hydroxylation is 1. The summed E-state index contributed by atoms with van der Waals surface area (Å²) in [5.74, 6) is 0.120. The van der Waals surface area contributed by atoms with E-state index in [1.54, 1.807) is 13.0 Å². The van der Waals surface area contributed by atoms with Crippen LogP contribution in [0, 0.1) is 23.0 Å². The first-order chi connectivity index (χ1) is 11.6. The monoisotopic (exact) mass is 371 g/mol. The van der Waals surface area contributed by atoms with E-state index in [1.807, 2.05) is 27.7 Å². The minimum Gasteiger partial charge on any atom is -0.303 e. The second kappa shape index (κ2) is 9.26. The number of nitrogens with zero attached hydrogens (tertiary/aromatic N) is 3. The molecule has 0 heterocycles. The Kier molecular flexibility index (Phi) is 7.98. The zero-order valence-corrected chi connectivity index (χ0v) is 16.5. The van der Waals surface area contributed by atoms with Crippen molar-refractivity contribution < 1.29 is 13.3 Å². The van der Waals surface area contributed by atoms with Crippen LogP contribution in [0.4, 0.5) is 5.69 Å².